The molecule has 0 bridgehead atoms. The number of nitrogens with zero attached hydrogens (tertiary/aromatic N) is 3. The number of ether oxygens (including phenoxy) is 1. The lowest BCUT2D eigenvalue weighted by atomic mass is 10.1. The van der Waals surface area contributed by atoms with Gasteiger partial charge in [-0.15, -0.1) is 0 Å². The largest absolute Gasteiger partial charge is 0.496 e. The van der Waals surface area contributed by atoms with E-state index in [1.807, 2.05) is 55.5 Å². The van der Waals surface area contributed by atoms with Crippen LogP contribution in [-0.2, 0) is 4.79 Å². The van der Waals surface area contributed by atoms with Crippen LogP contribution in [0.4, 0.5) is 5.69 Å². The van der Waals surface area contributed by atoms with Gasteiger partial charge in [0, 0.05) is 24.6 Å². The average molecular weight is 349 g/mol. The second-order valence-corrected chi connectivity index (χ2v) is 6.40. The van der Waals surface area contributed by atoms with Crippen molar-refractivity contribution in [2.75, 3.05) is 18.6 Å². The summed E-state index contributed by atoms with van der Waals surface area (Å²) in [5.74, 6) is 1.61. The lowest BCUT2D eigenvalue weighted by Crippen LogP contribution is -2.24. The standard InChI is InChI=1S/C20H19N3O3/c1-13-7-9-15(10-8-13)23-12-14(11-18(23)24)19-21-20(26-22-19)16-5-3-4-6-17(16)25-2/h3-10,14H,11-12H2,1-2H3. The highest BCUT2D eigenvalue weighted by Crippen LogP contribution is 2.33. The number of aromatic nitrogens is 2. The highest BCUT2D eigenvalue weighted by Gasteiger charge is 2.34. The molecule has 0 aliphatic carbocycles. The molecule has 1 aliphatic heterocycles. The zero-order valence-electron chi connectivity index (χ0n) is 14.7. The summed E-state index contributed by atoms with van der Waals surface area (Å²) in [6.07, 6.45) is 0.374. The Morgan fingerprint density at radius 2 is 1.92 bits per heavy atom. The van der Waals surface area contributed by atoms with Gasteiger partial charge in [0.1, 0.15) is 5.75 Å². The molecule has 1 saturated heterocycles. The minimum absolute atomic E-state index is 0.0718. The molecule has 0 spiro atoms. The second kappa shape index (κ2) is 6.63. The molecule has 0 N–H and O–H groups in total. The number of benzene rings is 2. The maximum absolute atomic E-state index is 12.4. The highest BCUT2D eigenvalue weighted by molar-refractivity contribution is 5.96. The molecule has 1 aromatic heterocycles. The van der Waals surface area contributed by atoms with Gasteiger partial charge in [0.05, 0.1) is 12.7 Å². The van der Waals surface area contributed by atoms with Crippen LogP contribution in [0.5, 0.6) is 5.75 Å². The van der Waals surface area contributed by atoms with E-state index in [1.165, 1.54) is 0 Å². The van der Waals surface area contributed by atoms with Gasteiger partial charge >= 0.3 is 0 Å². The number of hydrogen-bond donors (Lipinski definition) is 0. The monoisotopic (exact) mass is 349 g/mol. The molecule has 0 saturated carbocycles. The Hall–Kier alpha value is -3.15. The van der Waals surface area contributed by atoms with Gasteiger partial charge in [-0.2, -0.15) is 4.98 Å². The number of carbonyl (C=O) groups is 1. The quantitative estimate of drug-likeness (QED) is 0.720. The first-order valence-corrected chi connectivity index (χ1v) is 8.49. The van der Waals surface area contributed by atoms with E-state index in [-0.39, 0.29) is 11.8 Å². The lowest BCUT2D eigenvalue weighted by Gasteiger charge is -2.16. The van der Waals surface area contributed by atoms with Crippen LogP contribution in [0.2, 0.25) is 0 Å². The van der Waals surface area contributed by atoms with Gasteiger partial charge in [0.2, 0.25) is 5.91 Å². The normalized spacial score (nSPS) is 16.9. The summed E-state index contributed by atoms with van der Waals surface area (Å²) in [6, 6.07) is 15.4. The summed E-state index contributed by atoms with van der Waals surface area (Å²) in [7, 11) is 1.60. The number of methoxy groups -OCH3 is 1. The minimum atomic E-state index is -0.0870. The molecule has 1 amide bonds. The number of carbonyl (C=O) groups excluding carboxylic acids is 1. The zero-order chi connectivity index (χ0) is 18.1. The number of aryl methyl sites for hydroxylation is 1. The maximum Gasteiger partial charge on any atom is 0.261 e. The molecule has 132 valence electrons. The molecule has 1 unspecified atom stereocenters. The molecule has 4 rings (SSSR count). The van der Waals surface area contributed by atoms with Crippen LogP contribution in [0.15, 0.2) is 53.1 Å². The van der Waals surface area contributed by atoms with Gasteiger partial charge in [-0.25, -0.2) is 0 Å². The molecule has 2 heterocycles. The van der Waals surface area contributed by atoms with E-state index in [0.29, 0.717) is 30.4 Å². The van der Waals surface area contributed by atoms with Gasteiger partial charge in [0.15, 0.2) is 5.82 Å². The summed E-state index contributed by atoms with van der Waals surface area (Å²) >= 11 is 0. The summed E-state index contributed by atoms with van der Waals surface area (Å²) in [4.78, 5) is 18.7. The molecule has 2 aromatic carbocycles. The molecule has 0 radical (unpaired) electrons. The Labute approximate surface area is 151 Å². The highest BCUT2D eigenvalue weighted by atomic mass is 16.5. The third-order valence-electron chi connectivity index (χ3n) is 4.61. The Balaban J connectivity index is 1.57. The topological polar surface area (TPSA) is 68.5 Å². The van der Waals surface area contributed by atoms with Crippen molar-refractivity contribution >= 4 is 11.6 Å². The van der Waals surface area contributed by atoms with Gasteiger partial charge < -0.3 is 14.2 Å². The van der Waals surface area contributed by atoms with Gasteiger partial charge in [0.25, 0.3) is 5.89 Å². The van der Waals surface area contributed by atoms with Gasteiger partial charge in [-0.3, -0.25) is 4.79 Å². The predicted molar refractivity (Wildman–Crippen MR) is 97.2 cm³/mol. The van der Waals surface area contributed by atoms with Crippen LogP contribution in [0, 0.1) is 6.92 Å². The number of hydrogen-bond acceptors (Lipinski definition) is 5. The molecule has 26 heavy (non-hydrogen) atoms. The molecule has 1 fully saturated rings. The van der Waals surface area contributed by atoms with Crippen LogP contribution in [0.3, 0.4) is 0 Å². The van der Waals surface area contributed by atoms with Crippen molar-refractivity contribution in [3.05, 3.63) is 59.9 Å². The van der Waals surface area contributed by atoms with Crippen molar-refractivity contribution in [1.82, 2.24) is 10.1 Å². The Morgan fingerprint density at radius 1 is 1.15 bits per heavy atom. The van der Waals surface area contributed by atoms with E-state index < -0.39 is 0 Å². The Morgan fingerprint density at radius 3 is 2.69 bits per heavy atom. The van der Waals surface area contributed by atoms with Crippen LogP contribution in [0.1, 0.15) is 23.7 Å². The fourth-order valence-corrected chi connectivity index (χ4v) is 3.19. The molecule has 1 aliphatic rings. The van der Waals surface area contributed by atoms with Crippen molar-refractivity contribution in [3.63, 3.8) is 0 Å². The first kappa shape index (κ1) is 16.3. The van der Waals surface area contributed by atoms with E-state index in [2.05, 4.69) is 10.1 Å². The van der Waals surface area contributed by atoms with Gasteiger partial charge in [-0.1, -0.05) is 35.0 Å². The first-order chi connectivity index (χ1) is 12.7. The fraction of sp³-hybridized carbons (Fsp3) is 0.250. The Bertz CT molecular complexity index is 933. The molecular formula is C20H19N3O3. The molecule has 6 nitrogen and oxygen atoms in total. The predicted octanol–water partition coefficient (Wildman–Crippen LogP) is 3.57. The van der Waals surface area contributed by atoms with Crippen molar-refractivity contribution < 1.29 is 14.1 Å². The zero-order valence-corrected chi connectivity index (χ0v) is 14.7. The first-order valence-electron chi connectivity index (χ1n) is 8.49. The van der Waals surface area contributed by atoms with E-state index >= 15 is 0 Å². The maximum atomic E-state index is 12.4. The average Bonchev–Trinajstić information content (AvgIpc) is 3.29. The number of para-hydroxylation sites is 1. The van der Waals surface area contributed by atoms with Crippen molar-refractivity contribution in [1.29, 1.82) is 0 Å². The smallest absolute Gasteiger partial charge is 0.261 e. The lowest BCUT2D eigenvalue weighted by molar-refractivity contribution is -0.117. The van der Waals surface area contributed by atoms with Crippen LogP contribution in [-0.4, -0.2) is 29.7 Å². The summed E-state index contributed by atoms with van der Waals surface area (Å²) in [5.41, 5.74) is 2.81. The number of rotatable bonds is 4. The van der Waals surface area contributed by atoms with Crippen LogP contribution in [0.25, 0.3) is 11.5 Å². The van der Waals surface area contributed by atoms with Crippen molar-refractivity contribution in [2.45, 2.75) is 19.3 Å². The summed E-state index contributed by atoms with van der Waals surface area (Å²) in [6.45, 7) is 2.57. The van der Waals surface area contributed by atoms with E-state index in [1.54, 1.807) is 12.0 Å². The van der Waals surface area contributed by atoms with E-state index in [0.717, 1.165) is 16.8 Å². The molecule has 1 atom stereocenters. The summed E-state index contributed by atoms with van der Waals surface area (Å²) < 4.78 is 10.8. The van der Waals surface area contributed by atoms with Crippen molar-refractivity contribution in [3.8, 4) is 17.2 Å². The third-order valence-corrected chi connectivity index (χ3v) is 4.61. The van der Waals surface area contributed by atoms with E-state index in [9.17, 15) is 4.79 Å². The van der Waals surface area contributed by atoms with Gasteiger partial charge in [-0.05, 0) is 31.2 Å². The van der Waals surface area contributed by atoms with Crippen LogP contribution < -0.4 is 9.64 Å². The van der Waals surface area contributed by atoms with Crippen molar-refractivity contribution in [2.24, 2.45) is 0 Å². The number of anilines is 1. The fourth-order valence-electron chi connectivity index (χ4n) is 3.19. The summed E-state index contributed by atoms with van der Waals surface area (Å²) in [5, 5.41) is 4.11. The Kier molecular flexibility index (Phi) is 4.16. The molecule has 6 heteroatoms. The molecule has 3 aromatic rings. The SMILES string of the molecule is COc1ccccc1-c1nc(C2CC(=O)N(c3ccc(C)cc3)C2)no1. The molecular weight excluding hydrogens is 330 g/mol. The van der Waals surface area contributed by atoms with E-state index in [4.69, 9.17) is 9.26 Å². The number of amides is 1. The van der Waals surface area contributed by atoms with Crippen LogP contribution >= 0.6 is 0 Å². The minimum Gasteiger partial charge on any atom is -0.496 e. The third kappa shape index (κ3) is 2.94. The second-order valence-electron chi connectivity index (χ2n) is 6.40.